The van der Waals surface area contributed by atoms with Gasteiger partial charge in [-0.15, -0.1) is 11.3 Å². The summed E-state index contributed by atoms with van der Waals surface area (Å²) in [6.45, 7) is 1.97. The second-order valence-corrected chi connectivity index (χ2v) is 7.01. The molecule has 0 radical (unpaired) electrons. The van der Waals surface area contributed by atoms with Crippen molar-refractivity contribution in [3.8, 4) is 6.07 Å². The molecule has 7 nitrogen and oxygen atoms in total. The zero-order chi connectivity index (χ0) is 20.3. The molecule has 140 valence electrons. The maximum atomic E-state index is 12.6. The molecule has 5 N–H and O–H groups in total. The Labute approximate surface area is 165 Å². The largest absolute Gasteiger partial charge is 0.478 e. The Morgan fingerprint density at radius 3 is 2.25 bits per heavy atom. The van der Waals surface area contributed by atoms with Crippen molar-refractivity contribution in [3.63, 3.8) is 0 Å². The Morgan fingerprint density at radius 1 is 1.07 bits per heavy atom. The van der Waals surface area contributed by atoms with Crippen LogP contribution in [0, 0.1) is 18.3 Å². The summed E-state index contributed by atoms with van der Waals surface area (Å²) >= 11 is 1.08. The smallest absolute Gasteiger partial charge is 0.335 e. The van der Waals surface area contributed by atoms with Crippen LogP contribution in [-0.4, -0.2) is 17.0 Å². The summed E-state index contributed by atoms with van der Waals surface area (Å²) in [4.78, 5) is 23.7. The number of rotatable bonds is 5. The molecule has 1 amide bonds. The molecule has 1 heterocycles. The van der Waals surface area contributed by atoms with Gasteiger partial charge in [-0.2, -0.15) is 5.26 Å². The molecule has 28 heavy (non-hydrogen) atoms. The first-order valence-corrected chi connectivity index (χ1v) is 9.01. The van der Waals surface area contributed by atoms with Crippen molar-refractivity contribution in [1.82, 2.24) is 0 Å². The summed E-state index contributed by atoms with van der Waals surface area (Å²) in [5.74, 6) is -1.52. The average Bonchev–Trinajstić information content (AvgIpc) is 2.99. The van der Waals surface area contributed by atoms with E-state index in [1.165, 1.54) is 24.3 Å². The molecule has 2 aromatic carbocycles. The summed E-state index contributed by atoms with van der Waals surface area (Å²) in [5.41, 5.74) is 8.75. The minimum Gasteiger partial charge on any atom is -0.478 e. The van der Waals surface area contributed by atoms with Gasteiger partial charge in [0.1, 0.15) is 21.5 Å². The van der Waals surface area contributed by atoms with Crippen LogP contribution in [0.25, 0.3) is 0 Å². The summed E-state index contributed by atoms with van der Waals surface area (Å²) in [6.07, 6.45) is 0. The molecule has 0 aliphatic rings. The van der Waals surface area contributed by atoms with Gasteiger partial charge in [-0.1, -0.05) is 17.7 Å². The molecule has 0 spiro atoms. The number of thiophene rings is 1. The molecule has 8 heteroatoms. The summed E-state index contributed by atoms with van der Waals surface area (Å²) in [7, 11) is 0. The predicted octanol–water partition coefficient (Wildman–Crippen LogP) is 4.20. The lowest BCUT2D eigenvalue weighted by atomic mass is 10.2. The Kier molecular flexibility index (Phi) is 5.29. The van der Waals surface area contributed by atoms with E-state index in [-0.39, 0.29) is 21.7 Å². The van der Waals surface area contributed by atoms with E-state index < -0.39 is 11.9 Å². The first kappa shape index (κ1) is 18.9. The molecule has 0 bridgehead atoms. The highest BCUT2D eigenvalue weighted by Gasteiger charge is 2.21. The van der Waals surface area contributed by atoms with Gasteiger partial charge in [0.05, 0.1) is 11.3 Å². The molecular formula is C20H16N4O3S. The van der Waals surface area contributed by atoms with Crippen LogP contribution in [0.3, 0.4) is 0 Å². The van der Waals surface area contributed by atoms with Crippen LogP contribution < -0.4 is 16.4 Å². The molecule has 0 aliphatic carbocycles. The Bertz CT molecular complexity index is 1080. The number of nitrogens with one attached hydrogen (secondary N) is 2. The summed E-state index contributed by atoms with van der Waals surface area (Å²) < 4.78 is 0. The second-order valence-electron chi connectivity index (χ2n) is 5.99. The minimum atomic E-state index is -1.05. The fourth-order valence-electron chi connectivity index (χ4n) is 2.46. The van der Waals surface area contributed by atoms with Gasteiger partial charge in [0.2, 0.25) is 0 Å². The lowest BCUT2D eigenvalue weighted by molar-refractivity contribution is 0.0696. The number of nitrogens with zero attached hydrogens (tertiary/aromatic N) is 1. The maximum Gasteiger partial charge on any atom is 0.335 e. The number of aryl methyl sites for hydroxylation is 1. The van der Waals surface area contributed by atoms with Crippen molar-refractivity contribution in [3.05, 3.63) is 70.1 Å². The fraction of sp³-hybridized carbons (Fsp3) is 0.0500. The number of carboxylic acids is 1. The molecule has 3 rings (SSSR count). The van der Waals surface area contributed by atoms with Crippen molar-refractivity contribution in [2.24, 2.45) is 0 Å². The van der Waals surface area contributed by atoms with Crippen LogP contribution in [0.4, 0.5) is 22.1 Å². The van der Waals surface area contributed by atoms with Gasteiger partial charge in [-0.05, 0) is 43.3 Å². The third-order valence-electron chi connectivity index (χ3n) is 3.96. The van der Waals surface area contributed by atoms with Crippen molar-refractivity contribution in [2.45, 2.75) is 6.92 Å². The number of nitrogen functional groups attached to an aromatic ring is 1. The number of amides is 1. The summed E-state index contributed by atoms with van der Waals surface area (Å²) in [5, 5.41) is 24.6. The number of hydrogen-bond donors (Lipinski definition) is 4. The molecule has 0 aliphatic heterocycles. The van der Waals surface area contributed by atoms with Crippen molar-refractivity contribution < 1.29 is 14.7 Å². The molecule has 0 saturated heterocycles. The van der Waals surface area contributed by atoms with E-state index >= 15 is 0 Å². The Morgan fingerprint density at radius 2 is 1.68 bits per heavy atom. The van der Waals surface area contributed by atoms with Crippen LogP contribution in [0.1, 0.15) is 31.2 Å². The molecule has 3 aromatic rings. The van der Waals surface area contributed by atoms with E-state index in [1.54, 1.807) is 0 Å². The number of carboxylic acid groups (broad SMARTS) is 1. The van der Waals surface area contributed by atoms with Crippen molar-refractivity contribution in [1.29, 1.82) is 5.26 Å². The highest BCUT2D eigenvalue weighted by Crippen LogP contribution is 2.37. The minimum absolute atomic E-state index is 0.0989. The van der Waals surface area contributed by atoms with Crippen molar-refractivity contribution >= 4 is 45.3 Å². The van der Waals surface area contributed by atoms with Crippen LogP contribution >= 0.6 is 11.3 Å². The standard InChI is InChI=1S/C20H16N4O3S/c1-11-2-6-14(7-3-11)24-19-15(10-21)16(22)17(28-19)18(25)23-13-8-4-12(5-9-13)20(26)27/h2-9,24H,22H2,1H3,(H,23,25)(H,26,27). The number of aromatic carboxylic acids is 1. The lowest BCUT2D eigenvalue weighted by Gasteiger charge is -2.05. The number of hydrogen-bond acceptors (Lipinski definition) is 6. The first-order valence-electron chi connectivity index (χ1n) is 8.20. The molecule has 0 unspecified atom stereocenters. The quantitative estimate of drug-likeness (QED) is 0.515. The monoisotopic (exact) mass is 392 g/mol. The van der Waals surface area contributed by atoms with E-state index in [4.69, 9.17) is 10.8 Å². The molecule has 1 aromatic heterocycles. The second kappa shape index (κ2) is 7.82. The Hall–Kier alpha value is -3.83. The van der Waals surface area contributed by atoms with Crippen LogP contribution in [0.5, 0.6) is 0 Å². The fourth-order valence-corrected chi connectivity index (χ4v) is 3.45. The van der Waals surface area contributed by atoms with Crippen LogP contribution in [0.2, 0.25) is 0 Å². The predicted molar refractivity (Wildman–Crippen MR) is 109 cm³/mol. The number of benzene rings is 2. The number of carbonyl (C=O) groups excluding carboxylic acids is 1. The summed E-state index contributed by atoms with van der Waals surface area (Å²) in [6, 6.07) is 15.4. The van der Waals surface area contributed by atoms with E-state index in [0.29, 0.717) is 10.7 Å². The van der Waals surface area contributed by atoms with Crippen LogP contribution in [-0.2, 0) is 0 Å². The van der Waals surface area contributed by atoms with E-state index in [0.717, 1.165) is 22.6 Å². The third kappa shape index (κ3) is 3.95. The molecule has 0 saturated carbocycles. The molecule has 0 fully saturated rings. The first-order chi connectivity index (χ1) is 13.4. The topological polar surface area (TPSA) is 128 Å². The zero-order valence-electron chi connectivity index (χ0n) is 14.8. The average molecular weight is 392 g/mol. The van der Waals surface area contributed by atoms with Gasteiger partial charge in [0.25, 0.3) is 5.91 Å². The maximum absolute atomic E-state index is 12.6. The van der Waals surface area contributed by atoms with E-state index in [2.05, 4.69) is 10.6 Å². The normalized spacial score (nSPS) is 10.1. The van der Waals surface area contributed by atoms with Gasteiger partial charge in [-0.3, -0.25) is 4.79 Å². The van der Waals surface area contributed by atoms with Gasteiger partial charge >= 0.3 is 5.97 Å². The number of carbonyl (C=O) groups is 2. The molecule has 0 atom stereocenters. The highest BCUT2D eigenvalue weighted by molar-refractivity contribution is 7.19. The third-order valence-corrected chi connectivity index (χ3v) is 5.08. The van der Waals surface area contributed by atoms with Gasteiger partial charge in [0.15, 0.2) is 0 Å². The van der Waals surface area contributed by atoms with E-state index in [1.807, 2.05) is 37.3 Å². The number of nitriles is 1. The lowest BCUT2D eigenvalue weighted by Crippen LogP contribution is -2.12. The highest BCUT2D eigenvalue weighted by atomic mass is 32.1. The van der Waals surface area contributed by atoms with Gasteiger partial charge < -0.3 is 21.5 Å². The molecular weight excluding hydrogens is 376 g/mol. The zero-order valence-corrected chi connectivity index (χ0v) is 15.6. The number of anilines is 4. The Balaban J connectivity index is 1.84. The van der Waals surface area contributed by atoms with Gasteiger partial charge in [0, 0.05) is 11.4 Å². The van der Waals surface area contributed by atoms with Crippen molar-refractivity contribution in [2.75, 3.05) is 16.4 Å². The van der Waals surface area contributed by atoms with Gasteiger partial charge in [-0.25, -0.2) is 4.79 Å². The van der Waals surface area contributed by atoms with E-state index in [9.17, 15) is 14.9 Å². The number of nitrogens with two attached hydrogens (primary N) is 1. The van der Waals surface area contributed by atoms with Crippen LogP contribution in [0.15, 0.2) is 48.5 Å². The SMILES string of the molecule is Cc1ccc(Nc2sc(C(=O)Nc3ccc(C(=O)O)cc3)c(N)c2C#N)cc1.